The van der Waals surface area contributed by atoms with Crippen LogP contribution < -0.4 is 9.47 Å². The number of sulfonamides is 1. The number of carbonyl (C=O) groups excluding carboxylic acids is 1. The number of aryl methyl sites for hydroxylation is 2. The minimum absolute atomic E-state index is 0.0697. The summed E-state index contributed by atoms with van der Waals surface area (Å²) in [4.78, 5) is 12.1. The number of nitrogens with zero attached hydrogens (tertiary/aromatic N) is 1. The molecule has 9 heteroatoms. The van der Waals surface area contributed by atoms with E-state index in [0.29, 0.717) is 37.8 Å². The molecule has 1 saturated heterocycles. The number of carbonyl (C=O) groups is 1. The van der Waals surface area contributed by atoms with E-state index in [1.807, 2.05) is 18.2 Å². The largest absolute Gasteiger partial charge is 0.490 e. The Kier molecular flexibility index (Phi) is 7.29. The number of esters is 1. The van der Waals surface area contributed by atoms with Crippen LogP contribution in [0.3, 0.4) is 0 Å². The van der Waals surface area contributed by atoms with E-state index in [0.717, 1.165) is 19.3 Å². The number of fused-ring (bicyclic) bond motifs is 1. The molecule has 1 heterocycles. The topological polar surface area (TPSA) is 91.4 Å². The molecule has 32 heavy (non-hydrogen) atoms. The lowest BCUT2D eigenvalue weighted by molar-refractivity contribution is -0.146. The van der Waals surface area contributed by atoms with Crippen molar-refractivity contribution in [2.75, 3.05) is 46.1 Å². The molecule has 172 valence electrons. The maximum Gasteiger partial charge on any atom is 0.344 e. The molecule has 0 unspecified atom stereocenters. The second kappa shape index (κ2) is 10.3. The highest BCUT2D eigenvalue weighted by molar-refractivity contribution is 7.89. The predicted octanol–water partition coefficient (Wildman–Crippen LogP) is 2.20. The fourth-order valence-electron chi connectivity index (χ4n) is 3.78. The van der Waals surface area contributed by atoms with Crippen LogP contribution in [0.1, 0.15) is 17.5 Å². The normalized spacial score (nSPS) is 16.4. The van der Waals surface area contributed by atoms with Gasteiger partial charge >= 0.3 is 5.97 Å². The molecule has 0 bridgehead atoms. The van der Waals surface area contributed by atoms with Gasteiger partial charge in [-0.2, -0.15) is 4.31 Å². The van der Waals surface area contributed by atoms with Gasteiger partial charge in [0.25, 0.3) is 0 Å². The minimum atomic E-state index is -3.53. The molecule has 0 aromatic heterocycles. The third-order valence-corrected chi connectivity index (χ3v) is 7.39. The van der Waals surface area contributed by atoms with Crippen molar-refractivity contribution < 1.29 is 32.2 Å². The van der Waals surface area contributed by atoms with Crippen molar-refractivity contribution >= 4 is 16.0 Å². The maximum absolute atomic E-state index is 12.6. The standard InChI is InChI=1S/C23H27NO7S/c25-23(17-31-21-5-4-18-2-1-3-19(18)16-21)30-15-14-29-20-6-8-22(9-7-20)32(26,27)24-10-12-28-13-11-24/h4-9,16H,1-3,10-15,17H2. The van der Waals surface area contributed by atoms with Crippen LogP contribution in [0, 0.1) is 0 Å². The Labute approximate surface area is 188 Å². The molecule has 1 aliphatic heterocycles. The zero-order valence-corrected chi connectivity index (χ0v) is 18.6. The Balaban J connectivity index is 1.17. The number of morpholine rings is 1. The molecule has 0 atom stereocenters. The van der Waals surface area contributed by atoms with Crippen molar-refractivity contribution in [2.45, 2.75) is 24.2 Å². The van der Waals surface area contributed by atoms with Crippen LogP contribution in [0.2, 0.25) is 0 Å². The summed E-state index contributed by atoms with van der Waals surface area (Å²) in [7, 11) is -3.53. The van der Waals surface area contributed by atoms with E-state index in [1.165, 1.54) is 27.6 Å². The Morgan fingerprint density at radius 3 is 2.41 bits per heavy atom. The first-order valence-electron chi connectivity index (χ1n) is 10.7. The van der Waals surface area contributed by atoms with Crippen molar-refractivity contribution in [3.05, 3.63) is 53.6 Å². The van der Waals surface area contributed by atoms with Crippen molar-refractivity contribution in [3.8, 4) is 11.5 Å². The molecule has 8 nitrogen and oxygen atoms in total. The van der Waals surface area contributed by atoms with E-state index in [-0.39, 0.29) is 24.7 Å². The average Bonchev–Trinajstić information content (AvgIpc) is 3.29. The highest BCUT2D eigenvalue weighted by Crippen LogP contribution is 2.26. The minimum Gasteiger partial charge on any atom is -0.490 e. The Morgan fingerprint density at radius 2 is 1.62 bits per heavy atom. The van der Waals surface area contributed by atoms with Gasteiger partial charge in [-0.1, -0.05) is 6.07 Å². The predicted molar refractivity (Wildman–Crippen MR) is 116 cm³/mol. The second-order valence-corrected chi connectivity index (χ2v) is 9.57. The molecule has 0 radical (unpaired) electrons. The van der Waals surface area contributed by atoms with Gasteiger partial charge in [0.2, 0.25) is 10.0 Å². The molecule has 2 aliphatic rings. The maximum atomic E-state index is 12.6. The fraction of sp³-hybridized carbons (Fsp3) is 0.435. The van der Waals surface area contributed by atoms with Gasteiger partial charge in [0, 0.05) is 13.1 Å². The van der Waals surface area contributed by atoms with Crippen molar-refractivity contribution in [1.29, 1.82) is 0 Å². The van der Waals surface area contributed by atoms with Gasteiger partial charge in [0.15, 0.2) is 6.61 Å². The van der Waals surface area contributed by atoms with Crippen molar-refractivity contribution in [1.82, 2.24) is 4.31 Å². The zero-order chi connectivity index (χ0) is 22.4. The molecule has 0 spiro atoms. The lowest BCUT2D eigenvalue weighted by Crippen LogP contribution is -2.40. The van der Waals surface area contributed by atoms with E-state index >= 15 is 0 Å². The highest BCUT2D eigenvalue weighted by Gasteiger charge is 2.26. The Bertz CT molecular complexity index is 1030. The molecule has 4 rings (SSSR count). The molecular weight excluding hydrogens is 434 g/mol. The molecule has 0 saturated carbocycles. The SMILES string of the molecule is O=C(COc1ccc2c(c1)CCC2)OCCOc1ccc(S(=O)(=O)N2CCOCC2)cc1. The summed E-state index contributed by atoms with van der Waals surface area (Å²) in [5, 5.41) is 0. The van der Waals surface area contributed by atoms with Gasteiger partial charge in [0.05, 0.1) is 18.1 Å². The number of benzene rings is 2. The summed E-state index contributed by atoms with van der Waals surface area (Å²) in [6, 6.07) is 12.1. The smallest absolute Gasteiger partial charge is 0.344 e. The molecule has 1 aliphatic carbocycles. The van der Waals surface area contributed by atoms with Crippen LogP contribution in [-0.2, 0) is 37.1 Å². The first-order chi connectivity index (χ1) is 15.5. The quantitative estimate of drug-likeness (QED) is 0.418. The molecule has 2 aromatic carbocycles. The third-order valence-electron chi connectivity index (χ3n) is 5.47. The van der Waals surface area contributed by atoms with Crippen LogP contribution >= 0.6 is 0 Å². The molecule has 2 aromatic rings. The molecule has 1 fully saturated rings. The van der Waals surface area contributed by atoms with E-state index in [2.05, 4.69) is 0 Å². The van der Waals surface area contributed by atoms with Crippen molar-refractivity contribution in [2.24, 2.45) is 0 Å². The fourth-order valence-corrected chi connectivity index (χ4v) is 5.19. The first-order valence-corrected chi connectivity index (χ1v) is 12.2. The number of rotatable bonds is 9. The lowest BCUT2D eigenvalue weighted by atomic mass is 10.1. The Hall–Kier alpha value is -2.62. The highest BCUT2D eigenvalue weighted by atomic mass is 32.2. The number of ether oxygens (including phenoxy) is 4. The van der Waals surface area contributed by atoms with E-state index in [4.69, 9.17) is 18.9 Å². The van der Waals surface area contributed by atoms with Gasteiger partial charge in [-0.15, -0.1) is 0 Å². The average molecular weight is 462 g/mol. The van der Waals surface area contributed by atoms with Crippen molar-refractivity contribution in [3.63, 3.8) is 0 Å². The molecule has 0 amide bonds. The summed E-state index contributed by atoms with van der Waals surface area (Å²) < 4.78 is 48.0. The van der Waals surface area contributed by atoms with Crippen LogP contribution in [0.4, 0.5) is 0 Å². The number of hydrogen-bond donors (Lipinski definition) is 0. The van der Waals surface area contributed by atoms with Crippen LogP contribution in [0.25, 0.3) is 0 Å². The van der Waals surface area contributed by atoms with Gasteiger partial charge in [-0.25, -0.2) is 13.2 Å². The lowest BCUT2D eigenvalue weighted by Gasteiger charge is -2.26. The summed E-state index contributed by atoms with van der Waals surface area (Å²) in [6.07, 6.45) is 3.31. The van der Waals surface area contributed by atoms with E-state index < -0.39 is 16.0 Å². The summed E-state index contributed by atoms with van der Waals surface area (Å²) >= 11 is 0. The summed E-state index contributed by atoms with van der Waals surface area (Å²) in [5.74, 6) is 0.698. The van der Waals surface area contributed by atoms with Crippen LogP contribution in [0.5, 0.6) is 11.5 Å². The van der Waals surface area contributed by atoms with Gasteiger partial charge in [0.1, 0.15) is 24.7 Å². The molecule has 0 N–H and O–H groups in total. The summed E-state index contributed by atoms with van der Waals surface area (Å²) in [6.45, 7) is 1.56. The van der Waals surface area contributed by atoms with E-state index in [9.17, 15) is 13.2 Å². The number of hydrogen-bond acceptors (Lipinski definition) is 7. The van der Waals surface area contributed by atoms with Crippen LogP contribution in [-0.4, -0.2) is 64.8 Å². The van der Waals surface area contributed by atoms with E-state index in [1.54, 1.807) is 12.1 Å². The first kappa shape index (κ1) is 22.6. The van der Waals surface area contributed by atoms with Gasteiger partial charge in [-0.3, -0.25) is 0 Å². The van der Waals surface area contributed by atoms with Crippen LogP contribution in [0.15, 0.2) is 47.4 Å². The third kappa shape index (κ3) is 5.59. The second-order valence-electron chi connectivity index (χ2n) is 7.63. The molecular formula is C23H27NO7S. The zero-order valence-electron chi connectivity index (χ0n) is 17.8. The Morgan fingerprint density at radius 1 is 0.906 bits per heavy atom. The monoisotopic (exact) mass is 461 g/mol. The van der Waals surface area contributed by atoms with Gasteiger partial charge in [-0.05, 0) is 66.8 Å². The van der Waals surface area contributed by atoms with Gasteiger partial charge < -0.3 is 18.9 Å². The summed E-state index contributed by atoms with van der Waals surface area (Å²) in [5.41, 5.74) is 2.64.